The van der Waals surface area contributed by atoms with Gasteiger partial charge < -0.3 is 9.84 Å². The van der Waals surface area contributed by atoms with E-state index in [1.807, 2.05) is 7.11 Å². The molecule has 0 aromatic rings. The summed E-state index contributed by atoms with van der Waals surface area (Å²) < 4.78 is 5.80. The maximum Gasteiger partial charge on any atom is 0.172 e. The minimum Gasteiger partial charge on any atom is -0.381 e. The number of fused-ring (bicyclic) bond motifs is 5. The van der Waals surface area contributed by atoms with Gasteiger partial charge in [0.15, 0.2) is 5.78 Å². The Morgan fingerprint density at radius 2 is 1.91 bits per heavy atom. The fourth-order valence-electron chi connectivity index (χ4n) is 6.41. The Kier molecular flexibility index (Phi) is 3.41. The number of aliphatic hydroxyl groups excluding tert-OH is 1. The van der Waals surface area contributed by atoms with Crippen molar-refractivity contribution in [3.05, 3.63) is 24.3 Å². The Bertz CT molecular complexity index is 579. The van der Waals surface area contributed by atoms with Crippen molar-refractivity contribution in [2.45, 2.75) is 51.7 Å². The fraction of sp³-hybridized carbons (Fsp3) is 0.750. The average molecular weight is 316 g/mol. The Balaban J connectivity index is 1.72. The molecular formula is C20H28O3. The van der Waals surface area contributed by atoms with Gasteiger partial charge in [0.25, 0.3) is 0 Å². The van der Waals surface area contributed by atoms with Crippen LogP contribution in [0, 0.1) is 34.5 Å². The quantitative estimate of drug-likeness (QED) is 0.756. The molecule has 2 saturated carbocycles. The highest BCUT2D eigenvalue weighted by Gasteiger charge is 2.59. The van der Waals surface area contributed by atoms with Gasteiger partial charge in [-0.05, 0) is 48.9 Å². The number of Topliss-reactive ketones (excluding diaryl/α,β-unsaturated/α-hetero) is 1. The number of methoxy groups -OCH3 is 1. The molecule has 0 radical (unpaired) electrons. The van der Waals surface area contributed by atoms with Crippen molar-refractivity contribution < 1.29 is 14.6 Å². The molecule has 0 aliphatic heterocycles. The van der Waals surface area contributed by atoms with Crippen molar-refractivity contribution in [1.29, 1.82) is 0 Å². The lowest BCUT2D eigenvalue weighted by Crippen LogP contribution is -2.54. The summed E-state index contributed by atoms with van der Waals surface area (Å²) in [6, 6.07) is 0. The first-order chi connectivity index (χ1) is 10.9. The van der Waals surface area contributed by atoms with Crippen LogP contribution < -0.4 is 0 Å². The molecule has 0 spiro atoms. The van der Waals surface area contributed by atoms with Gasteiger partial charge in [0.2, 0.25) is 0 Å². The van der Waals surface area contributed by atoms with E-state index in [1.165, 1.54) is 12.8 Å². The lowest BCUT2D eigenvalue weighted by Gasteiger charge is -2.56. The number of rotatable bonds is 1. The van der Waals surface area contributed by atoms with Gasteiger partial charge >= 0.3 is 0 Å². The van der Waals surface area contributed by atoms with Crippen molar-refractivity contribution in [3.63, 3.8) is 0 Å². The second-order valence-electron chi connectivity index (χ2n) is 8.57. The first-order valence-electron chi connectivity index (χ1n) is 9.04. The van der Waals surface area contributed by atoms with Crippen LogP contribution in [0.25, 0.3) is 0 Å². The molecule has 8 atom stereocenters. The van der Waals surface area contributed by atoms with Crippen molar-refractivity contribution in [1.82, 2.24) is 0 Å². The predicted molar refractivity (Wildman–Crippen MR) is 88.7 cm³/mol. The first kappa shape index (κ1) is 15.6. The van der Waals surface area contributed by atoms with Gasteiger partial charge in [-0.2, -0.15) is 0 Å². The van der Waals surface area contributed by atoms with Gasteiger partial charge in [-0.1, -0.05) is 38.2 Å². The van der Waals surface area contributed by atoms with Crippen LogP contribution >= 0.6 is 0 Å². The van der Waals surface area contributed by atoms with E-state index in [0.717, 1.165) is 12.8 Å². The Hall–Kier alpha value is -0.930. The normalized spacial score (nSPS) is 54.5. The van der Waals surface area contributed by atoms with Crippen LogP contribution in [0.3, 0.4) is 0 Å². The molecule has 2 unspecified atom stereocenters. The lowest BCUT2D eigenvalue weighted by molar-refractivity contribution is -0.135. The second-order valence-corrected chi connectivity index (χ2v) is 8.57. The summed E-state index contributed by atoms with van der Waals surface area (Å²) in [5, 5.41) is 9.90. The molecule has 0 amide bonds. The van der Waals surface area contributed by atoms with E-state index in [0.29, 0.717) is 23.9 Å². The van der Waals surface area contributed by atoms with Crippen molar-refractivity contribution in [2.75, 3.05) is 7.11 Å². The number of hydrogen-bond acceptors (Lipinski definition) is 3. The third-order valence-electron chi connectivity index (χ3n) is 7.76. The maximum absolute atomic E-state index is 12.5. The highest BCUT2D eigenvalue weighted by molar-refractivity contribution is 5.90. The van der Waals surface area contributed by atoms with Gasteiger partial charge in [-0.15, -0.1) is 0 Å². The van der Waals surface area contributed by atoms with E-state index in [2.05, 4.69) is 32.1 Å². The van der Waals surface area contributed by atoms with Crippen LogP contribution in [0.4, 0.5) is 0 Å². The van der Waals surface area contributed by atoms with Crippen LogP contribution in [-0.4, -0.2) is 30.2 Å². The molecule has 126 valence electrons. The zero-order valence-electron chi connectivity index (χ0n) is 14.4. The van der Waals surface area contributed by atoms with Gasteiger partial charge in [0, 0.05) is 18.4 Å². The summed E-state index contributed by atoms with van der Waals surface area (Å²) in [6.07, 6.45) is 12.4. The second kappa shape index (κ2) is 5.03. The lowest BCUT2D eigenvalue weighted by atomic mass is 9.48. The summed E-state index contributed by atoms with van der Waals surface area (Å²) in [4.78, 5) is 12.5. The van der Waals surface area contributed by atoms with Crippen molar-refractivity contribution >= 4 is 5.78 Å². The molecular weight excluding hydrogens is 288 g/mol. The molecule has 1 N–H and O–H groups in total. The Morgan fingerprint density at radius 1 is 1.13 bits per heavy atom. The molecule has 2 fully saturated rings. The average Bonchev–Trinajstić information content (AvgIpc) is 2.88. The topological polar surface area (TPSA) is 46.5 Å². The number of aliphatic hydroxyl groups is 1. The molecule has 23 heavy (non-hydrogen) atoms. The van der Waals surface area contributed by atoms with E-state index in [9.17, 15) is 9.90 Å². The summed E-state index contributed by atoms with van der Waals surface area (Å²) in [5.74, 6) is 1.49. The number of hydrogen-bond donors (Lipinski definition) is 1. The molecule has 0 saturated heterocycles. The number of carbonyl (C=O) groups is 1. The number of allylic oxidation sites excluding steroid dienone is 3. The van der Waals surface area contributed by atoms with E-state index < -0.39 is 6.10 Å². The molecule has 4 aliphatic rings. The SMILES string of the molecule is CO[C@@H]1CC[C@H]2[C@@H]3C=CC4C(=O)C(O)C=C[C@]4(C)[C@H]3CC[C@]12C. The van der Waals surface area contributed by atoms with Gasteiger partial charge in [0.05, 0.1) is 6.10 Å². The molecule has 0 aromatic carbocycles. The van der Waals surface area contributed by atoms with E-state index in [1.54, 1.807) is 6.08 Å². The van der Waals surface area contributed by atoms with E-state index >= 15 is 0 Å². The van der Waals surface area contributed by atoms with Gasteiger partial charge in [-0.25, -0.2) is 0 Å². The predicted octanol–water partition coefficient (Wildman–Crippen LogP) is 3.14. The third kappa shape index (κ3) is 1.93. The summed E-state index contributed by atoms with van der Waals surface area (Å²) in [5.41, 5.74) is 0.133. The van der Waals surface area contributed by atoms with Crippen LogP contribution in [0.1, 0.15) is 39.5 Å². The van der Waals surface area contributed by atoms with Gasteiger partial charge in [-0.3, -0.25) is 4.79 Å². The van der Waals surface area contributed by atoms with Crippen LogP contribution in [0.2, 0.25) is 0 Å². The smallest absolute Gasteiger partial charge is 0.172 e. The highest BCUT2D eigenvalue weighted by atomic mass is 16.5. The monoisotopic (exact) mass is 316 g/mol. The van der Waals surface area contributed by atoms with Crippen molar-refractivity contribution in [2.24, 2.45) is 34.5 Å². The molecule has 0 bridgehead atoms. The van der Waals surface area contributed by atoms with Crippen molar-refractivity contribution in [3.8, 4) is 0 Å². The fourth-order valence-corrected chi connectivity index (χ4v) is 6.41. The zero-order valence-corrected chi connectivity index (χ0v) is 14.4. The summed E-state index contributed by atoms with van der Waals surface area (Å²) >= 11 is 0. The highest BCUT2D eigenvalue weighted by Crippen LogP contribution is 2.63. The molecule has 4 rings (SSSR count). The minimum atomic E-state index is -0.924. The molecule has 0 heterocycles. The first-order valence-corrected chi connectivity index (χ1v) is 9.04. The van der Waals surface area contributed by atoms with Crippen LogP contribution in [-0.2, 0) is 9.53 Å². The van der Waals surface area contributed by atoms with Crippen LogP contribution in [0.15, 0.2) is 24.3 Å². The standard InChI is InChI=1S/C20H28O3/c1-19-11-9-16(21)18(22)15(19)5-4-12-13-6-7-17(23-3)20(13,2)10-8-14(12)19/h4-5,9,11-17,21H,6-8,10H2,1-3H3/t12-,13-,14-,15?,16?,17+,19+,20-/m0/s1. The van der Waals surface area contributed by atoms with Gasteiger partial charge in [0.1, 0.15) is 6.10 Å². The molecule has 4 aliphatic carbocycles. The van der Waals surface area contributed by atoms with E-state index in [-0.39, 0.29) is 22.5 Å². The zero-order chi connectivity index (χ0) is 16.4. The Labute approximate surface area is 138 Å². The number of ketones is 1. The summed E-state index contributed by atoms with van der Waals surface area (Å²) in [7, 11) is 1.85. The van der Waals surface area contributed by atoms with E-state index in [4.69, 9.17) is 4.74 Å². The maximum atomic E-state index is 12.5. The number of carbonyl (C=O) groups excluding carboxylic acids is 1. The summed E-state index contributed by atoms with van der Waals surface area (Å²) in [6.45, 7) is 4.63. The molecule has 3 nitrogen and oxygen atoms in total. The molecule has 3 heteroatoms. The Morgan fingerprint density at radius 3 is 2.65 bits per heavy atom. The minimum absolute atomic E-state index is 0.0285. The number of ether oxygens (including phenoxy) is 1. The molecule has 0 aromatic heterocycles. The third-order valence-corrected chi connectivity index (χ3v) is 7.76. The largest absolute Gasteiger partial charge is 0.381 e. The van der Waals surface area contributed by atoms with Crippen LogP contribution in [0.5, 0.6) is 0 Å².